The third-order valence-electron chi connectivity index (χ3n) is 2.64. The van der Waals surface area contributed by atoms with Crippen molar-refractivity contribution in [1.29, 1.82) is 0 Å². The zero-order valence-electron chi connectivity index (χ0n) is 10.4. The predicted octanol–water partition coefficient (Wildman–Crippen LogP) is 4.19. The molecule has 0 aliphatic heterocycles. The van der Waals surface area contributed by atoms with Gasteiger partial charge >= 0.3 is 5.97 Å². The molecule has 4 nitrogen and oxygen atoms in total. The van der Waals surface area contributed by atoms with Gasteiger partial charge in [0.2, 0.25) is 0 Å². The molecule has 2 rings (SSSR count). The van der Waals surface area contributed by atoms with Crippen LogP contribution >= 0.6 is 27.5 Å². The van der Waals surface area contributed by atoms with Gasteiger partial charge in [-0.25, -0.2) is 9.18 Å². The summed E-state index contributed by atoms with van der Waals surface area (Å²) in [6.45, 7) is 0. The molecule has 0 unspecified atom stereocenters. The van der Waals surface area contributed by atoms with E-state index in [1.807, 2.05) is 0 Å². The Balaban J connectivity index is 2.33. The first-order valence-corrected chi connectivity index (χ1v) is 6.85. The minimum absolute atomic E-state index is 0.112. The Morgan fingerprint density at radius 3 is 2.52 bits per heavy atom. The highest BCUT2D eigenvalue weighted by Gasteiger charge is 2.15. The number of carbonyl (C=O) groups excluding carboxylic acids is 1. The van der Waals surface area contributed by atoms with Gasteiger partial charge in [0.15, 0.2) is 0 Å². The molecule has 2 N–H and O–H groups in total. The van der Waals surface area contributed by atoms with E-state index in [1.165, 1.54) is 18.2 Å². The Kier molecular flexibility index (Phi) is 4.59. The lowest BCUT2D eigenvalue weighted by Crippen LogP contribution is -2.15. The fourth-order valence-corrected chi connectivity index (χ4v) is 2.13. The molecule has 0 radical (unpaired) electrons. The van der Waals surface area contributed by atoms with Gasteiger partial charge in [-0.05, 0) is 52.3 Å². The van der Waals surface area contributed by atoms with E-state index in [-0.39, 0.29) is 16.8 Å². The van der Waals surface area contributed by atoms with E-state index in [4.69, 9.17) is 16.7 Å². The molecule has 1 amide bonds. The number of hydrogen-bond acceptors (Lipinski definition) is 2. The first kappa shape index (κ1) is 15.5. The zero-order chi connectivity index (χ0) is 15.6. The number of aromatic carboxylic acids is 1. The average Bonchev–Trinajstić information content (AvgIpc) is 2.41. The van der Waals surface area contributed by atoms with Crippen LogP contribution in [0.4, 0.5) is 10.1 Å². The maximum atomic E-state index is 13.2. The normalized spacial score (nSPS) is 10.2. The first-order valence-electron chi connectivity index (χ1n) is 5.67. The SMILES string of the molecule is O=C(Nc1cc(F)ccc1C(=O)O)c1ccc(Cl)c(Br)c1. The maximum Gasteiger partial charge on any atom is 0.337 e. The van der Waals surface area contributed by atoms with Crippen molar-refractivity contribution < 1.29 is 19.1 Å². The summed E-state index contributed by atoms with van der Waals surface area (Å²) in [5, 5.41) is 11.8. The third-order valence-corrected chi connectivity index (χ3v) is 3.86. The quantitative estimate of drug-likeness (QED) is 0.849. The molecule has 0 saturated carbocycles. The molecule has 0 saturated heterocycles. The van der Waals surface area contributed by atoms with Gasteiger partial charge in [0, 0.05) is 10.0 Å². The molecular formula is C14H8BrClFNO3. The fraction of sp³-hybridized carbons (Fsp3) is 0. The average molecular weight is 373 g/mol. The van der Waals surface area contributed by atoms with Gasteiger partial charge in [-0.15, -0.1) is 0 Å². The second-order valence-corrected chi connectivity index (χ2v) is 5.34. The molecule has 2 aromatic carbocycles. The fourth-order valence-electron chi connectivity index (χ4n) is 1.64. The highest BCUT2D eigenvalue weighted by Crippen LogP contribution is 2.24. The van der Waals surface area contributed by atoms with Gasteiger partial charge in [-0.2, -0.15) is 0 Å². The molecule has 0 heterocycles. The number of benzene rings is 2. The minimum atomic E-state index is -1.26. The molecule has 0 fully saturated rings. The largest absolute Gasteiger partial charge is 0.478 e. The van der Waals surface area contributed by atoms with E-state index in [9.17, 15) is 14.0 Å². The van der Waals surface area contributed by atoms with Crippen molar-refractivity contribution in [3.8, 4) is 0 Å². The van der Waals surface area contributed by atoms with Crippen LogP contribution in [0.2, 0.25) is 5.02 Å². The van der Waals surface area contributed by atoms with Crippen molar-refractivity contribution in [2.45, 2.75) is 0 Å². The number of amides is 1. The molecule has 0 aliphatic rings. The first-order chi connectivity index (χ1) is 9.88. The third kappa shape index (κ3) is 3.59. The van der Waals surface area contributed by atoms with Crippen molar-refractivity contribution >= 4 is 45.1 Å². The summed E-state index contributed by atoms with van der Waals surface area (Å²) in [5.74, 6) is -2.48. The lowest BCUT2D eigenvalue weighted by atomic mass is 10.1. The molecule has 0 aromatic heterocycles. The van der Waals surface area contributed by atoms with Crippen LogP contribution in [0.25, 0.3) is 0 Å². The number of hydrogen-bond donors (Lipinski definition) is 2. The molecular weight excluding hydrogens is 365 g/mol. The number of nitrogens with one attached hydrogen (secondary N) is 1. The van der Waals surface area contributed by atoms with Crippen LogP contribution in [0.15, 0.2) is 40.9 Å². The van der Waals surface area contributed by atoms with Crippen LogP contribution in [0.5, 0.6) is 0 Å². The molecule has 0 bridgehead atoms. The van der Waals surface area contributed by atoms with Crippen LogP contribution in [-0.4, -0.2) is 17.0 Å². The smallest absolute Gasteiger partial charge is 0.337 e. The van der Waals surface area contributed by atoms with Crippen molar-refractivity contribution in [1.82, 2.24) is 0 Å². The minimum Gasteiger partial charge on any atom is -0.478 e. The number of carbonyl (C=O) groups is 2. The van der Waals surface area contributed by atoms with Gasteiger partial charge < -0.3 is 10.4 Å². The summed E-state index contributed by atoms with van der Waals surface area (Å²) in [6.07, 6.45) is 0. The molecule has 2 aromatic rings. The maximum absolute atomic E-state index is 13.2. The highest BCUT2D eigenvalue weighted by molar-refractivity contribution is 9.10. The van der Waals surface area contributed by atoms with E-state index in [0.29, 0.717) is 9.50 Å². The molecule has 21 heavy (non-hydrogen) atoms. The molecule has 108 valence electrons. The number of carboxylic acid groups (broad SMARTS) is 1. The summed E-state index contributed by atoms with van der Waals surface area (Å²) in [4.78, 5) is 23.1. The summed E-state index contributed by atoms with van der Waals surface area (Å²) in [5.41, 5.74) is -0.0526. The number of rotatable bonds is 3. The predicted molar refractivity (Wildman–Crippen MR) is 80.5 cm³/mol. The Hall–Kier alpha value is -1.92. The van der Waals surface area contributed by atoms with Crippen LogP contribution in [0.1, 0.15) is 20.7 Å². The summed E-state index contributed by atoms with van der Waals surface area (Å²) >= 11 is 9.01. The highest BCUT2D eigenvalue weighted by atomic mass is 79.9. The van der Waals surface area contributed by atoms with Crippen LogP contribution in [0, 0.1) is 5.82 Å². The van der Waals surface area contributed by atoms with Crippen LogP contribution in [-0.2, 0) is 0 Å². The topological polar surface area (TPSA) is 66.4 Å². The van der Waals surface area contributed by atoms with E-state index in [2.05, 4.69) is 21.2 Å². The van der Waals surface area contributed by atoms with Gasteiger partial charge in [0.25, 0.3) is 5.91 Å². The summed E-state index contributed by atoms with van der Waals surface area (Å²) in [7, 11) is 0. The second-order valence-electron chi connectivity index (χ2n) is 4.08. The Bertz CT molecular complexity index is 736. The van der Waals surface area contributed by atoms with Crippen LogP contribution in [0.3, 0.4) is 0 Å². The van der Waals surface area contributed by atoms with E-state index in [0.717, 1.165) is 18.2 Å². The van der Waals surface area contributed by atoms with Crippen molar-refractivity contribution in [3.05, 3.63) is 62.8 Å². The summed E-state index contributed by atoms with van der Waals surface area (Å²) < 4.78 is 13.7. The Morgan fingerprint density at radius 1 is 1.19 bits per heavy atom. The van der Waals surface area contributed by atoms with E-state index >= 15 is 0 Å². The summed E-state index contributed by atoms with van der Waals surface area (Å²) in [6, 6.07) is 7.53. The van der Waals surface area contributed by atoms with Crippen molar-refractivity contribution in [2.24, 2.45) is 0 Å². The van der Waals surface area contributed by atoms with Gasteiger partial charge in [-0.1, -0.05) is 11.6 Å². The standard InChI is InChI=1S/C14H8BrClFNO3/c15-10-5-7(1-4-11(10)16)13(19)18-12-6-8(17)2-3-9(12)14(20)21/h1-6H,(H,18,19)(H,20,21). The lowest BCUT2D eigenvalue weighted by molar-refractivity contribution is 0.0698. The van der Waals surface area contributed by atoms with Crippen LogP contribution < -0.4 is 5.32 Å². The molecule has 0 atom stereocenters. The Morgan fingerprint density at radius 2 is 1.90 bits per heavy atom. The number of carboxylic acids is 1. The van der Waals surface area contributed by atoms with E-state index < -0.39 is 17.7 Å². The number of anilines is 1. The number of halogens is 3. The lowest BCUT2D eigenvalue weighted by Gasteiger charge is -2.09. The van der Waals surface area contributed by atoms with Gasteiger partial charge in [0.1, 0.15) is 5.82 Å². The monoisotopic (exact) mass is 371 g/mol. The molecule has 0 spiro atoms. The van der Waals surface area contributed by atoms with Crippen molar-refractivity contribution in [3.63, 3.8) is 0 Å². The second kappa shape index (κ2) is 6.24. The van der Waals surface area contributed by atoms with Gasteiger partial charge in [0.05, 0.1) is 16.3 Å². The van der Waals surface area contributed by atoms with Crippen molar-refractivity contribution in [2.75, 3.05) is 5.32 Å². The molecule has 0 aliphatic carbocycles. The zero-order valence-corrected chi connectivity index (χ0v) is 12.7. The van der Waals surface area contributed by atoms with Gasteiger partial charge in [-0.3, -0.25) is 4.79 Å². The Labute approximate surface area is 132 Å². The molecule has 7 heteroatoms. The van der Waals surface area contributed by atoms with E-state index in [1.54, 1.807) is 0 Å².